The predicted molar refractivity (Wildman–Crippen MR) is 110 cm³/mol. The fourth-order valence-electron chi connectivity index (χ4n) is 6.66. The van der Waals surface area contributed by atoms with Crippen molar-refractivity contribution in [3.05, 3.63) is 35.5 Å². The fraction of sp³-hybridized carbons (Fsp3) is 0.720. The van der Waals surface area contributed by atoms with E-state index in [1.54, 1.807) is 0 Å². The molecule has 0 aromatic rings. The molecule has 27 heavy (non-hydrogen) atoms. The van der Waals surface area contributed by atoms with Crippen LogP contribution < -0.4 is 0 Å². The van der Waals surface area contributed by atoms with Gasteiger partial charge in [0.15, 0.2) is 0 Å². The molecule has 3 fully saturated rings. The molecule has 3 aliphatic carbocycles. The maximum Gasteiger partial charge on any atom is 0.313 e. The Labute approximate surface area is 165 Å². The second-order valence-corrected chi connectivity index (χ2v) is 10.2. The molecule has 0 aromatic heterocycles. The number of hydrogen-bond acceptors (Lipinski definition) is 2. The molecule has 1 aliphatic heterocycles. The van der Waals surface area contributed by atoms with Crippen molar-refractivity contribution in [3.63, 3.8) is 0 Å². The van der Waals surface area contributed by atoms with Crippen molar-refractivity contribution < 1.29 is 9.53 Å². The van der Waals surface area contributed by atoms with Crippen LogP contribution in [-0.2, 0) is 9.53 Å². The molecule has 2 heteroatoms. The van der Waals surface area contributed by atoms with E-state index in [1.807, 2.05) is 0 Å². The minimum absolute atomic E-state index is 0.0877. The van der Waals surface area contributed by atoms with Crippen LogP contribution in [0.3, 0.4) is 0 Å². The summed E-state index contributed by atoms with van der Waals surface area (Å²) >= 11 is 0. The van der Waals surface area contributed by atoms with E-state index >= 15 is 0 Å². The summed E-state index contributed by atoms with van der Waals surface area (Å²) in [5.74, 6) is 0.879. The van der Waals surface area contributed by atoms with Gasteiger partial charge >= 0.3 is 5.97 Å². The van der Waals surface area contributed by atoms with Gasteiger partial charge in [0, 0.05) is 11.8 Å². The molecule has 4 rings (SSSR count). The van der Waals surface area contributed by atoms with Crippen molar-refractivity contribution in [2.75, 3.05) is 0 Å². The molecule has 2 saturated carbocycles. The average Bonchev–Trinajstić information content (AvgIpc) is 2.87. The SMILES string of the molecule is C=C1CCC[C@]2(C)CC[C@@H]3[C@H](OC(=O)[C@]34CC=C(CCC=C(C)C)CC4)[C@@H]12. The summed E-state index contributed by atoms with van der Waals surface area (Å²) in [6.07, 6.45) is 16.0. The fourth-order valence-corrected chi connectivity index (χ4v) is 6.66. The molecule has 4 aliphatic rings. The van der Waals surface area contributed by atoms with Crippen LogP contribution in [0.5, 0.6) is 0 Å². The number of carbonyl (C=O) groups excluding carboxylic acids is 1. The van der Waals surface area contributed by atoms with Gasteiger partial charge < -0.3 is 4.74 Å². The first kappa shape index (κ1) is 19.0. The van der Waals surface area contributed by atoms with E-state index in [1.165, 1.54) is 36.0 Å². The third-order valence-electron chi connectivity index (χ3n) is 8.21. The molecule has 2 nitrogen and oxygen atoms in total. The molecule has 1 saturated heterocycles. The lowest BCUT2D eigenvalue weighted by Gasteiger charge is -2.52. The molecule has 0 unspecified atom stereocenters. The first-order valence-electron chi connectivity index (χ1n) is 11.1. The van der Waals surface area contributed by atoms with Crippen LogP contribution in [0.25, 0.3) is 0 Å². The maximum absolute atomic E-state index is 13.1. The Morgan fingerprint density at radius 3 is 2.81 bits per heavy atom. The number of esters is 1. The van der Waals surface area contributed by atoms with Crippen LogP contribution in [0.4, 0.5) is 0 Å². The van der Waals surface area contributed by atoms with Crippen LogP contribution in [-0.4, -0.2) is 12.1 Å². The predicted octanol–water partition coefficient (Wildman–Crippen LogP) is 6.53. The lowest BCUT2D eigenvalue weighted by atomic mass is 9.51. The normalized spacial score (nSPS) is 40.9. The van der Waals surface area contributed by atoms with Crippen LogP contribution in [0.1, 0.15) is 85.0 Å². The summed E-state index contributed by atoms with van der Waals surface area (Å²) in [5.41, 5.74) is 4.32. The highest BCUT2D eigenvalue weighted by Gasteiger charge is 2.63. The van der Waals surface area contributed by atoms with E-state index in [-0.39, 0.29) is 17.5 Å². The first-order chi connectivity index (χ1) is 12.9. The minimum atomic E-state index is -0.246. The summed E-state index contributed by atoms with van der Waals surface area (Å²) < 4.78 is 6.17. The Morgan fingerprint density at radius 1 is 1.30 bits per heavy atom. The van der Waals surface area contributed by atoms with Gasteiger partial charge in [0.05, 0.1) is 5.41 Å². The molecule has 1 heterocycles. The number of rotatable bonds is 3. The molecule has 0 radical (unpaired) electrons. The van der Waals surface area contributed by atoms with Gasteiger partial charge in [-0.1, -0.05) is 42.4 Å². The highest BCUT2D eigenvalue weighted by Crippen LogP contribution is 2.62. The summed E-state index contributed by atoms with van der Waals surface area (Å²) in [6, 6.07) is 0. The summed E-state index contributed by atoms with van der Waals surface area (Å²) in [4.78, 5) is 13.1. The van der Waals surface area contributed by atoms with Crippen LogP contribution in [0, 0.1) is 22.7 Å². The molecule has 0 bridgehead atoms. The highest BCUT2D eigenvalue weighted by molar-refractivity contribution is 5.80. The van der Waals surface area contributed by atoms with Gasteiger partial charge in [-0.3, -0.25) is 4.79 Å². The van der Waals surface area contributed by atoms with E-state index in [4.69, 9.17) is 4.74 Å². The van der Waals surface area contributed by atoms with Crippen molar-refractivity contribution >= 4 is 5.97 Å². The Hall–Kier alpha value is -1.31. The van der Waals surface area contributed by atoms with Crippen LogP contribution in [0.2, 0.25) is 0 Å². The summed E-state index contributed by atoms with van der Waals surface area (Å²) in [5, 5.41) is 0. The number of carbonyl (C=O) groups is 1. The molecule has 0 amide bonds. The van der Waals surface area contributed by atoms with E-state index in [0.717, 1.165) is 44.9 Å². The van der Waals surface area contributed by atoms with Crippen molar-refractivity contribution in [3.8, 4) is 0 Å². The lowest BCUT2D eigenvalue weighted by molar-refractivity contribution is -0.151. The Morgan fingerprint density at radius 2 is 2.11 bits per heavy atom. The van der Waals surface area contributed by atoms with Crippen molar-refractivity contribution in [1.82, 2.24) is 0 Å². The smallest absolute Gasteiger partial charge is 0.313 e. The molecule has 0 N–H and O–H groups in total. The summed E-state index contributed by atoms with van der Waals surface area (Å²) in [6.45, 7) is 11.2. The minimum Gasteiger partial charge on any atom is -0.461 e. The molecule has 5 atom stereocenters. The van der Waals surface area contributed by atoms with Crippen molar-refractivity contribution in [2.45, 2.75) is 91.1 Å². The standard InChI is InChI=1S/C25H36O2/c1-17(2)7-5-9-19-10-15-25(16-11-19)20-12-14-24(4)13-6-8-18(3)21(24)22(20)27-23(25)26/h7,10,20-22H,3,5-6,8-9,11-16H2,1-2,4H3/t20-,21-,22+,24-,25+/m1/s1. The topological polar surface area (TPSA) is 26.3 Å². The zero-order valence-electron chi connectivity index (χ0n) is 17.5. The Bertz CT molecular complexity index is 695. The van der Waals surface area contributed by atoms with Gasteiger partial charge in [-0.15, -0.1) is 0 Å². The third-order valence-corrected chi connectivity index (χ3v) is 8.21. The van der Waals surface area contributed by atoms with E-state index < -0.39 is 0 Å². The van der Waals surface area contributed by atoms with E-state index in [9.17, 15) is 4.79 Å². The molecular weight excluding hydrogens is 332 g/mol. The Kier molecular flexibility index (Phi) is 4.89. The molecule has 1 spiro atoms. The summed E-state index contributed by atoms with van der Waals surface area (Å²) in [7, 11) is 0. The van der Waals surface area contributed by atoms with Crippen molar-refractivity contribution in [1.29, 1.82) is 0 Å². The quantitative estimate of drug-likeness (QED) is 0.418. The van der Waals surface area contributed by atoms with Crippen LogP contribution in [0.15, 0.2) is 35.5 Å². The van der Waals surface area contributed by atoms with Crippen molar-refractivity contribution in [2.24, 2.45) is 22.7 Å². The average molecular weight is 369 g/mol. The number of hydrogen-bond donors (Lipinski definition) is 0. The third kappa shape index (κ3) is 3.13. The van der Waals surface area contributed by atoms with E-state index in [2.05, 4.69) is 39.5 Å². The van der Waals surface area contributed by atoms with Gasteiger partial charge in [-0.2, -0.15) is 0 Å². The number of allylic oxidation sites excluding steroid dienone is 4. The van der Waals surface area contributed by atoms with Gasteiger partial charge in [-0.05, 0) is 83.5 Å². The second-order valence-electron chi connectivity index (χ2n) is 10.2. The first-order valence-corrected chi connectivity index (χ1v) is 11.1. The maximum atomic E-state index is 13.1. The number of fused-ring (bicyclic) bond motifs is 4. The van der Waals surface area contributed by atoms with E-state index in [0.29, 0.717) is 17.3 Å². The largest absolute Gasteiger partial charge is 0.461 e. The highest BCUT2D eigenvalue weighted by atomic mass is 16.6. The van der Waals surface area contributed by atoms with Gasteiger partial charge in [0.2, 0.25) is 0 Å². The Balaban J connectivity index is 1.53. The van der Waals surface area contributed by atoms with Gasteiger partial charge in [-0.25, -0.2) is 0 Å². The monoisotopic (exact) mass is 368 g/mol. The second kappa shape index (κ2) is 6.94. The zero-order chi connectivity index (χ0) is 19.2. The van der Waals surface area contributed by atoms with Crippen LogP contribution >= 0.6 is 0 Å². The molecule has 0 aromatic carbocycles. The van der Waals surface area contributed by atoms with Gasteiger partial charge in [0.1, 0.15) is 6.10 Å². The number of ether oxygens (including phenoxy) is 1. The molecular formula is C25H36O2. The zero-order valence-corrected chi connectivity index (χ0v) is 17.5. The molecule has 148 valence electrons. The lowest BCUT2D eigenvalue weighted by Crippen LogP contribution is -2.49. The van der Waals surface area contributed by atoms with Gasteiger partial charge in [0.25, 0.3) is 0 Å².